The number of aliphatic hydroxyl groups excluding tert-OH is 1. The number of carbonyl (C=O) groups is 5. The maximum atomic E-state index is 17.8. The summed E-state index contributed by atoms with van der Waals surface area (Å²) in [6.07, 6.45) is 7.47. The van der Waals surface area contributed by atoms with Crippen molar-refractivity contribution in [3.8, 4) is 0 Å². The third-order valence-corrected chi connectivity index (χ3v) is 16.5. The number of rotatable bonds is 11. The number of Topliss-reactive ketones (excluding diaryl/α,β-unsaturated/α-hetero) is 1. The van der Waals surface area contributed by atoms with Crippen LogP contribution >= 0.6 is 0 Å². The van der Waals surface area contributed by atoms with Gasteiger partial charge in [0.2, 0.25) is 11.7 Å². The van der Waals surface area contributed by atoms with Crippen molar-refractivity contribution >= 4 is 45.9 Å². The summed E-state index contributed by atoms with van der Waals surface area (Å²) < 4.78 is 42.3. The van der Waals surface area contributed by atoms with Gasteiger partial charge in [0.05, 0.1) is 29.0 Å². The molecule has 1 aliphatic heterocycles. The Hall–Kier alpha value is -5.15. The largest absolute Gasteiger partial charge is 0.460 e. The number of aromatic nitrogens is 1. The van der Waals surface area contributed by atoms with Crippen molar-refractivity contribution in [3.63, 3.8) is 0 Å². The number of carbonyl (C=O) groups excluding carboxylic acids is 5. The summed E-state index contributed by atoms with van der Waals surface area (Å²) >= 11 is 0. The number of nitrogens with zero attached hydrogens (tertiary/aromatic N) is 1. The van der Waals surface area contributed by atoms with Gasteiger partial charge >= 0.3 is 11.9 Å². The number of ether oxygens (including phenoxy) is 4. The van der Waals surface area contributed by atoms with Crippen LogP contribution in [0.3, 0.4) is 0 Å². The number of pyridine rings is 1. The lowest BCUT2D eigenvalue weighted by Crippen LogP contribution is -2.70. The van der Waals surface area contributed by atoms with E-state index in [0.717, 1.165) is 21.9 Å². The van der Waals surface area contributed by atoms with Crippen molar-refractivity contribution in [2.24, 2.45) is 39.2 Å². The number of anilines is 1. The van der Waals surface area contributed by atoms with Gasteiger partial charge in [0, 0.05) is 46.8 Å². The molecule has 336 valence electrons. The highest BCUT2D eigenvalue weighted by molar-refractivity contribution is 6.01. The van der Waals surface area contributed by atoms with Crippen LogP contribution in [0.15, 0.2) is 84.7 Å². The van der Waals surface area contributed by atoms with Gasteiger partial charge in [-0.2, -0.15) is 0 Å². The molecule has 4 N–H and O–H groups in total. The molecule has 3 aromatic rings. The number of fused-ring (bicyclic) bond motifs is 8. The number of ketones is 2. The van der Waals surface area contributed by atoms with Gasteiger partial charge in [-0.15, -0.1) is 0 Å². The molecule has 1 amide bonds. The molecule has 1 aromatic heterocycles. The SMILES string of the molecule is CC1(C)O[C@@H]2C[C@H]3[C@@H]4CCC5=CC(=O)C=C[C@]5(C)[C@@]4(F)[C@@H](O)C[C@]3(C)[C@]2(C(=O)COC(=O)C23CC(C(=O)OCc4ccc([C@@H](CN)C(=O)Nc5ccc6cnccc6c5)cc4)(C2)C3)O1. The summed E-state index contributed by atoms with van der Waals surface area (Å²) in [5.41, 5.74) is 1.11. The van der Waals surface area contributed by atoms with Crippen molar-refractivity contribution in [3.05, 3.63) is 95.9 Å². The van der Waals surface area contributed by atoms with E-state index in [2.05, 4.69) is 10.3 Å². The average molecular weight is 876 g/mol. The lowest BCUT2D eigenvalue weighted by Gasteiger charge is -2.66. The van der Waals surface area contributed by atoms with Gasteiger partial charge in [0.25, 0.3) is 0 Å². The van der Waals surface area contributed by atoms with E-state index in [-0.39, 0.29) is 50.5 Å². The first kappa shape index (κ1) is 42.8. The number of benzene rings is 2. The summed E-state index contributed by atoms with van der Waals surface area (Å²) in [6, 6.07) is 14.6. The summed E-state index contributed by atoms with van der Waals surface area (Å²) in [5.74, 6) is -4.77. The zero-order valence-electron chi connectivity index (χ0n) is 36.5. The van der Waals surface area contributed by atoms with Crippen LogP contribution in [0.1, 0.15) is 89.7 Å². The number of hydrogen-bond acceptors (Lipinski definition) is 12. The van der Waals surface area contributed by atoms with E-state index in [1.807, 2.05) is 31.2 Å². The highest BCUT2D eigenvalue weighted by Crippen LogP contribution is 2.75. The highest BCUT2D eigenvalue weighted by Gasteiger charge is 2.81. The maximum Gasteiger partial charge on any atom is 0.312 e. The molecular formula is C50H54FN3O10. The molecule has 1 saturated heterocycles. The minimum Gasteiger partial charge on any atom is -0.460 e. The molecule has 0 spiro atoms. The maximum absolute atomic E-state index is 17.8. The van der Waals surface area contributed by atoms with Crippen LogP contribution in [-0.2, 0) is 49.5 Å². The van der Waals surface area contributed by atoms with Gasteiger partial charge in [-0.1, -0.05) is 48.9 Å². The molecular weight excluding hydrogens is 822 g/mol. The molecule has 0 radical (unpaired) electrons. The van der Waals surface area contributed by atoms with Crippen LogP contribution in [-0.4, -0.2) is 81.9 Å². The van der Waals surface area contributed by atoms with Gasteiger partial charge in [-0.3, -0.25) is 29.0 Å². The lowest BCUT2D eigenvalue weighted by atomic mass is 9.35. The predicted octanol–water partition coefficient (Wildman–Crippen LogP) is 6.11. The molecule has 2 heterocycles. The number of aliphatic hydroxyl groups is 1. The molecule has 7 fully saturated rings. The first-order chi connectivity index (χ1) is 30.3. The van der Waals surface area contributed by atoms with Crippen LogP contribution in [0.25, 0.3) is 10.8 Å². The molecule has 14 heteroatoms. The Balaban J connectivity index is 0.751. The highest BCUT2D eigenvalue weighted by atomic mass is 19.1. The van der Waals surface area contributed by atoms with E-state index < -0.39 is 93.0 Å². The Labute approximate surface area is 370 Å². The van der Waals surface area contributed by atoms with E-state index in [4.69, 9.17) is 24.7 Å². The Morgan fingerprint density at radius 2 is 1.69 bits per heavy atom. The number of nitrogens with two attached hydrogens (primary N) is 1. The smallest absolute Gasteiger partial charge is 0.312 e. The third kappa shape index (κ3) is 6.00. The summed E-state index contributed by atoms with van der Waals surface area (Å²) in [4.78, 5) is 71.2. The van der Waals surface area contributed by atoms with Gasteiger partial charge in [-0.25, -0.2) is 4.39 Å². The molecule has 8 aliphatic rings. The third-order valence-electron chi connectivity index (χ3n) is 16.5. The Kier molecular flexibility index (Phi) is 9.64. The number of alkyl halides is 1. The fourth-order valence-corrected chi connectivity index (χ4v) is 13.4. The second-order valence-corrected chi connectivity index (χ2v) is 20.5. The molecule has 2 bridgehead atoms. The number of esters is 2. The molecule has 9 atom stereocenters. The fourth-order valence-electron chi connectivity index (χ4n) is 13.4. The van der Waals surface area contributed by atoms with Crippen molar-refractivity contribution < 1.29 is 52.4 Å². The van der Waals surface area contributed by atoms with E-state index >= 15 is 4.39 Å². The van der Waals surface area contributed by atoms with E-state index in [1.54, 1.807) is 63.5 Å². The van der Waals surface area contributed by atoms with E-state index in [0.29, 0.717) is 30.5 Å². The van der Waals surface area contributed by atoms with Crippen molar-refractivity contribution in [2.45, 2.75) is 114 Å². The van der Waals surface area contributed by atoms with Crippen LogP contribution in [0, 0.1) is 33.5 Å². The number of amides is 1. The lowest BCUT2D eigenvalue weighted by molar-refractivity contribution is -0.248. The Morgan fingerprint density at radius 1 is 0.969 bits per heavy atom. The monoisotopic (exact) mass is 875 g/mol. The number of nitrogens with one attached hydrogen (secondary N) is 1. The molecule has 13 nitrogen and oxygen atoms in total. The number of allylic oxidation sites excluding steroid dienone is 4. The zero-order chi connectivity index (χ0) is 45.2. The minimum absolute atomic E-state index is 0.00619. The second-order valence-electron chi connectivity index (χ2n) is 20.5. The second kappa shape index (κ2) is 14.4. The van der Waals surface area contributed by atoms with Crippen LogP contribution in [0.5, 0.6) is 0 Å². The Bertz CT molecular complexity index is 2550. The molecule has 7 aliphatic carbocycles. The zero-order valence-corrected chi connectivity index (χ0v) is 36.5. The standard InChI is InChI=1S/C50H54FN3O10/c1-44(2)63-40-19-37-36-12-10-32-18-34(55)13-15-45(32,3)49(36,51)38(56)20-46(37,4)50(40,64-44)39(57)24-62-43(60)48-25-47(26-48,27-48)42(59)61-23-28-5-7-29(8-6-28)35(21-52)41(58)54-33-11-9-31-22-53-16-14-30(31)17-33/h5-9,11,13-18,22,35-38,40,56H,10,12,19-21,23-27,52H2,1-4H3,(H,54,58)/t35-,36+,37+,38+,40-,45+,46+,47?,48?,49+,50-/m1/s1. The number of halogens is 1. The number of hydrogen-bond donors (Lipinski definition) is 3. The first-order valence-corrected chi connectivity index (χ1v) is 22.3. The van der Waals surface area contributed by atoms with Gasteiger partial charge in [-0.05, 0) is 118 Å². The molecule has 64 heavy (non-hydrogen) atoms. The minimum atomic E-state index is -2.10. The van der Waals surface area contributed by atoms with E-state index in [9.17, 15) is 29.1 Å². The summed E-state index contributed by atoms with van der Waals surface area (Å²) in [5, 5.41) is 16.8. The fraction of sp³-hybridized carbons (Fsp3) is 0.520. The average Bonchev–Trinajstić information content (AvgIpc) is 3.64. The van der Waals surface area contributed by atoms with E-state index in [1.165, 1.54) is 12.2 Å². The van der Waals surface area contributed by atoms with Crippen LogP contribution in [0.4, 0.5) is 10.1 Å². The van der Waals surface area contributed by atoms with Gasteiger partial charge < -0.3 is 35.1 Å². The molecule has 11 rings (SSSR count). The van der Waals surface area contributed by atoms with Crippen molar-refractivity contribution in [1.82, 2.24) is 4.98 Å². The molecule has 0 unspecified atom stereocenters. The van der Waals surface area contributed by atoms with Gasteiger partial charge in [0.15, 0.2) is 29.4 Å². The summed E-state index contributed by atoms with van der Waals surface area (Å²) in [7, 11) is 0. The normalized spacial score (nSPS) is 37.7. The quantitative estimate of drug-likeness (QED) is 0.188. The Morgan fingerprint density at radius 3 is 2.41 bits per heavy atom. The molecule has 6 saturated carbocycles. The van der Waals surface area contributed by atoms with Crippen LogP contribution in [0.2, 0.25) is 0 Å². The molecule has 2 aromatic carbocycles. The van der Waals surface area contributed by atoms with Crippen molar-refractivity contribution in [1.29, 1.82) is 0 Å². The first-order valence-electron chi connectivity index (χ1n) is 22.3. The summed E-state index contributed by atoms with van der Waals surface area (Å²) in [6.45, 7) is 6.54. The van der Waals surface area contributed by atoms with Gasteiger partial charge in [0.1, 0.15) is 6.61 Å². The predicted molar refractivity (Wildman–Crippen MR) is 230 cm³/mol. The van der Waals surface area contributed by atoms with Crippen LogP contribution < -0.4 is 11.1 Å². The topological polar surface area (TPSA) is 193 Å². The van der Waals surface area contributed by atoms with Crippen molar-refractivity contribution in [2.75, 3.05) is 18.5 Å².